The largest absolute Gasteiger partial charge is 0.398 e. The molecule has 1 aromatic carbocycles. The summed E-state index contributed by atoms with van der Waals surface area (Å²) < 4.78 is 34.8. The summed E-state index contributed by atoms with van der Waals surface area (Å²) >= 11 is 0. The molecule has 8 heteroatoms. The van der Waals surface area contributed by atoms with Crippen LogP contribution in [0.3, 0.4) is 0 Å². The molecule has 4 fully saturated rings. The van der Waals surface area contributed by atoms with Crippen LogP contribution in [0.1, 0.15) is 65.2 Å². The summed E-state index contributed by atoms with van der Waals surface area (Å²) in [5, 5.41) is 1.27. The standard InChI is InChI=1S/C18H28O3Si.C11H22O3Si/c1-3-19-22(20-4-2,16-8-6-5-7-9-16)13-12-15-10-11-17-18(14-15)21-17;1-12-15(3,13-2)7-6-9-4-5-10-11(8-9)14-10/h5-9,15,17-18H,3-4,10-14H2,1-2H3;9-11H,4-8H2,1-3H3. The zero-order chi connectivity index (χ0) is 26.3. The van der Waals surface area contributed by atoms with Crippen LogP contribution in [0.25, 0.3) is 0 Å². The van der Waals surface area contributed by atoms with Crippen molar-refractivity contribution in [1.82, 2.24) is 0 Å². The van der Waals surface area contributed by atoms with Gasteiger partial charge in [0.1, 0.15) is 0 Å². The van der Waals surface area contributed by atoms with E-state index in [1.54, 1.807) is 14.2 Å². The van der Waals surface area contributed by atoms with Crippen LogP contribution in [0.2, 0.25) is 18.6 Å². The van der Waals surface area contributed by atoms with Crippen LogP contribution < -0.4 is 5.19 Å². The highest BCUT2D eigenvalue weighted by molar-refractivity contribution is 6.81. The molecule has 2 saturated heterocycles. The smallest absolute Gasteiger partial charge is 0.372 e. The third-order valence-electron chi connectivity index (χ3n) is 8.95. The topological polar surface area (TPSA) is 62.0 Å². The normalized spacial score (nSPS) is 30.5. The molecule has 0 aromatic heterocycles. The van der Waals surface area contributed by atoms with Crippen LogP contribution in [0.15, 0.2) is 30.3 Å². The average molecular weight is 551 g/mol. The fourth-order valence-electron chi connectivity index (χ4n) is 6.30. The second-order valence-electron chi connectivity index (χ2n) is 11.4. The van der Waals surface area contributed by atoms with Crippen molar-refractivity contribution in [2.24, 2.45) is 11.8 Å². The van der Waals surface area contributed by atoms with E-state index in [1.165, 1.54) is 56.6 Å². The maximum Gasteiger partial charge on any atom is 0.372 e. The van der Waals surface area contributed by atoms with E-state index in [4.69, 9.17) is 27.2 Å². The van der Waals surface area contributed by atoms with Gasteiger partial charge in [0.25, 0.3) is 0 Å². The molecule has 6 unspecified atom stereocenters. The maximum atomic E-state index is 6.27. The molecule has 0 N–H and O–H groups in total. The molecule has 6 atom stereocenters. The zero-order valence-electron chi connectivity index (χ0n) is 23.8. The highest BCUT2D eigenvalue weighted by Crippen LogP contribution is 2.42. The minimum atomic E-state index is -2.30. The minimum absolute atomic E-state index is 0.561. The molecule has 0 amide bonds. The molecule has 2 aliphatic carbocycles. The van der Waals surface area contributed by atoms with Gasteiger partial charge in [-0.25, -0.2) is 0 Å². The first kappa shape index (κ1) is 29.4. The predicted octanol–water partition coefficient (Wildman–Crippen LogP) is 5.68. The fraction of sp³-hybridized carbons (Fsp3) is 0.793. The second-order valence-corrected chi connectivity index (χ2v) is 18.1. The lowest BCUT2D eigenvalue weighted by Crippen LogP contribution is -2.54. The first-order valence-corrected chi connectivity index (χ1v) is 19.2. The Hall–Kier alpha value is -0.586. The minimum Gasteiger partial charge on any atom is -0.398 e. The summed E-state index contributed by atoms with van der Waals surface area (Å²) in [5.41, 5.74) is 0. The van der Waals surface area contributed by atoms with E-state index >= 15 is 0 Å². The predicted molar refractivity (Wildman–Crippen MR) is 152 cm³/mol. The summed E-state index contributed by atoms with van der Waals surface area (Å²) in [7, 11) is -0.586. The molecule has 210 valence electrons. The molecule has 5 rings (SSSR count). The molecule has 2 heterocycles. The molecule has 0 radical (unpaired) electrons. The molecule has 2 aliphatic heterocycles. The van der Waals surface area contributed by atoms with Crippen LogP contribution in [0.5, 0.6) is 0 Å². The number of hydrogen-bond donors (Lipinski definition) is 0. The van der Waals surface area contributed by atoms with Gasteiger partial charge < -0.3 is 27.2 Å². The van der Waals surface area contributed by atoms with E-state index in [0.29, 0.717) is 24.4 Å². The first-order valence-electron chi connectivity index (χ1n) is 14.7. The first-order chi connectivity index (χ1) is 17.9. The summed E-state index contributed by atoms with van der Waals surface area (Å²) in [6.07, 6.45) is 12.5. The lowest BCUT2D eigenvalue weighted by atomic mass is 9.88. The molecule has 6 nitrogen and oxygen atoms in total. The van der Waals surface area contributed by atoms with Crippen LogP contribution >= 0.6 is 0 Å². The Bertz CT molecular complexity index is 801. The SMILES string of the molecule is CCO[Si](CCC1CCC2OC2C1)(OCC)c1ccccc1.CO[Si](C)(CCC1CCC2OC2C1)OC. The van der Waals surface area contributed by atoms with Crippen LogP contribution in [-0.4, -0.2) is 69.0 Å². The van der Waals surface area contributed by atoms with Crippen molar-refractivity contribution in [3.8, 4) is 0 Å². The van der Waals surface area contributed by atoms with Crippen LogP contribution in [0, 0.1) is 11.8 Å². The van der Waals surface area contributed by atoms with Gasteiger partial charge in [0.05, 0.1) is 24.4 Å². The monoisotopic (exact) mass is 550 g/mol. The van der Waals surface area contributed by atoms with Crippen molar-refractivity contribution >= 4 is 22.3 Å². The quantitative estimate of drug-likeness (QED) is 0.233. The van der Waals surface area contributed by atoms with Crippen LogP contribution in [0.4, 0.5) is 0 Å². The average Bonchev–Trinajstić information content (AvgIpc) is 3.86. The zero-order valence-corrected chi connectivity index (χ0v) is 25.8. The Morgan fingerprint density at radius 2 is 1.24 bits per heavy atom. The van der Waals surface area contributed by atoms with Gasteiger partial charge in [0, 0.05) is 27.4 Å². The second kappa shape index (κ2) is 13.7. The number of benzene rings is 1. The van der Waals surface area contributed by atoms with Gasteiger partial charge in [-0.15, -0.1) is 0 Å². The Morgan fingerprint density at radius 1 is 0.730 bits per heavy atom. The Morgan fingerprint density at radius 3 is 1.70 bits per heavy atom. The van der Waals surface area contributed by atoms with Crippen molar-refractivity contribution in [3.05, 3.63) is 30.3 Å². The summed E-state index contributed by atoms with van der Waals surface area (Å²) in [4.78, 5) is 0. The van der Waals surface area contributed by atoms with Gasteiger partial charge in [-0.2, -0.15) is 0 Å². The molecule has 2 saturated carbocycles. The number of ether oxygens (including phenoxy) is 2. The van der Waals surface area contributed by atoms with E-state index < -0.39 is 17.1 Å². The lowest BCUT2D eigenvalue weighted by molar-refractivity contribution is 0.191. The third kappa shape index (κ3) is 8.21. The van der Waals surface area contributed by atoms with Gasteiger partial charge in [0.2, 0.25) is 0 Å². The summed E-state index contributed by atoms with van der Waals surface area (Å²) in [5.74, 6) is 1.62. The van der Waals surface area contributed by atoms with E-state index in [2.05, 4.69) is 50.7 Å². The van der Waals surface area contributed by atoms with Gasteiger partial charge in [0.15, 0.2) is 0 Å². The molecular weight excluding hydrogens is 500 g/mol. The van der Waals surface area contributed by atoms with E-state index in [1.807, 2.05) is 0 Å². The van der Waals surface area contributed by atoms with Crippen molar-refractivity contribution in [3.63, 3.8) is 0 Å². The summed E-state index contributed by atoms with van der Waals surface area (Å²) in [6.45, 7) is 7.74. The van der Waals surface area contributed by atoms with Crippen molar-refractivity contribution in [2.75, 3.05) is 27.4 Å². The summed E-state index contributed by atoms with van der Waals surface area (Å²) in [6, 6.07) is 12.8. The van der Waals surface area contributed by atoms with Gasteiger partial charge in [-0.1, -0.05) is 30.3 Å². The Balaban J connectivity index is 0.000000186. The van der Waals surface area contributed by atoms with E-state index in [9.17, 15) is 0 Å². The van der Waals surface area contributed by atoms with Crippen LogP contribution in [-0.2, 0) is 27.2 Å². The lowest BCUT2D eigenvalue weighted by Gasteiger charge is -2.32. The molecule has 4 aliphatic rings. The van der Waals surface area contributed by atoms with Gasteiger partial charge in [-0.05, 0) is 101 Å². The molecule has 0 spiro atoms. The number of rotatable bonds is 13. The Labute approximate surface area is 227 Å². The Kier molecular flexibility index (Phi) is 10.9. The van der Waals surface area contributed by atoms with Gasteiger partial charge >= 0.3 is 17.1 Å². The highest BCUT2D eigenvalue weighted by atomic mass is 28.4. The van der Waals surface area contributed by atoms with Gasteiger partial charge in [-0.3, -0.25) is 0 Å². The van der Waals surface area contributed by atoms with Crippen molar-refractivity contribution < 1.29 is 27.2 Å². The number of epoxide rings is 2. The van der Waals surface area contributed by atoms with Crippen molar-refractivity contribution in [2.45, 2.75) is 108 Å². The molecule has 0 bridgehead atoms. The highest BCUT2D eigenvalue weighted by Gasteiger charge is 2.46. The maximum absolute atomic E-state index is 6.27. The molecular formula is C29H50O6Si2. The third-order valence-corrected chi connectivity index (χ3v) is 15.5. The number of hydrogen-bond acceptors (Lipinski definition) is 6. The number of fused-ring (bicyclic) bond motifs is 2. The fourth-order valence-corrected chi connectivity index (χ4v) is 11.2. The van der Waals surface area contributed by atoms with E-state index in [0.717, 1.165) is 37.1 Å². The molecule has 1 aromatic rings. The molecule has 37 heavy (non-hydrogen) atoms. The van der Waals surface area contributed by atoms with Crippen molar-refractivity contribution in [1.29, 1.82) is 0 Å². The van der Waals surface area contributed by atoms with E-state index in [-0.39, 0.29) is 0 Å².